The number of ether oxygens (including phenoxy) is 1. The minimum absolute atomic E-state index is 0.173. The molecule has 3 rings (SSSR count). The van der Waals surface area contributed by atoms with Gasteiger partial charge >= 0.3 is 0 Å². The predicted molar refractivity (Wildman–Crippen MR) is 75.4 cm³/mol. The van der Waals surface area contributed by atoms with Crippen molar-refractivity contribution in [3.63, 3.8) is 0 Å². The van der Waals surface area contributed by atoms with Gasteiger partial charge in [0, 0.05) is 5.69 Å². The van der Waals surface area contributed by atoms with Gasteiger partial charge in [-0.25, -0.2) is 14.4 Å². The first-order chi connectivity index (χ1) is 9.63. The van der Waals surface area contributed by atoms with Crippen LogP contribution in [-0.4, -0.2) is 9.97 Å². The normalized spacial score (nSPS) is 10.7. The van der Waals surface area contributed by atoms with E-state index in [-0.39, 0.29) is 5.02 Å². The van der Waals surface area contributed by atoms with E-state index in [0.29, 0.717) is 28.2 Å². The summed E-state index contributed by atoms with van der Waals surface area (Å²) in [6.07, 6.45) is 1.37. The van der Waals surface area contributed by atoms with Gasteiger partial charge in [-0.3, -0.25) is 0 Å². The molecule has 1 heterocycles. The molecule has 0 aliphatic heterocycles. The van der Waals surface area contributed by atoms with Crippen molar-refractivity contribution in [2.24, 2.45) is 0 Å². The molecule has 0 unspecified atom stereocenters. The highest BCUT2D eigenvalue weighted by molar-refractivity contribution is 6.32. The fourth-order valence-corrected chi connectivity index (χ4v) is 2.00. The van der Waals surface area contributed by atoms with E-state index in [4.69, 9.17) is 22.1 Å². The molecule has 0 radical (unpaired) electrons. The van der Waals surface area contributed by atoms with Gasteiger partial charge in [-0.1, -0.05) is 11.6 Å². The van der Waals surface area contributed by atoms with Gasteiger partial charge < -0.3 is 10.5 Å². The molecule has 0 amide bonds. The van der Waals surface area contributed by atoms with E-state index in [0.717, 1.165) is 0 Å². The minimum atomic E-state index is -0.428. The number of aromatic nitrogens is 2. The van der Waals surface area contributed by atoms with Crippen molar-refractivity contribution in [3.05, 3.63) is 53.6 Å². The maximum absolute atomic E-state index is 13.0. The third kappa shape index (κ3) is 2.35. The van der Waals surface area contributed by atoms with Crippen LogP contribution in [0.2, 0.25) is 5.02 Å². The number of rotatable bonds is 2. The second kappa shape index (κ2) is 4.94. The summed E-state index contributed by atoms with van der Waals surface area (Å²) < 4.78 is 18.6. The van der Waals surface area contributed by atoms with Crippen molar-refractivity contribution in [3.8, 4) is 11.6 Å². The average molecular weight is 290 g/mol. The molecule has 4 nitrogen and oxygen atoms in total. The molecule has 2 N–H and O–H groups in total. The van der Waals surface area contributed by atoms with Crippen molar-refractivity contribution in [2.45, 2.75) is 0 Å². The van der Waals surface area contributed by atoms with Crippen LogP contribution in [0.15, 0.2) is 42.7 Å². The van der Waals surface area contributed by atoms with Crippen LogP contribution in [0, 0.1) is 5.82 Å². The third-order valence-electron chi connectivity index (χ3n) is 2.72. The molecule has 0 bridgehead atoms. The standard InChI is InChI=1S/C14H9ClFN3O/c15-11-5-8(16)1-4-13(11)20-14-10-3-2-9(17)6-12(10)18-7-19-14/h1-7H,17H2. The average Bonchev–Trinajstić information content (AvgIpc) is 2.41. The highest BCUT2D eigenvalue weighted by Gasteiger charge is 2.09. The lowest BCUT2D eigenvalue weighted by Gasteiger charge is -2.09. The maximum atomic E-state index is 13.0. The fourth-order valence-electron chi connectivity index (χ4n) is 1.79. The molecule has 0 saturated heterocycles. The summed E-state index contributed by atoms with van der Waals surface area (Å²) in [5.41, 5.74) is 6.96. The predicted octanol–water partition coefficient (Wildman–Crippen LogP) is 3.80. The topological polar surface area (TPSA) is 61.0 Å². The third-order valence-corrected chi connectivity index (χ3v) is 3.02. The van der Waals surface area contributed by atoms with E-state index >= 15 is 0 Å². The molecule has 0 fully saturated rings. The summed E-state index contributed by atoms with van der Waals surface area (Å²) in [5.74, 6) is 0.232. The Morgan fingerprint density at radius 1 is 1.10 bits per heavy atom. The van der Waals surface area contributed by atoms with E-state index < -0.39 is 5.82 Å². The molecule has 100 valence electrons. The molecule has 0 aliphatic carbocycles. The number of halogens is 2. The van der Waals surface area contributed by atoms with E-state index in [1.54, 1.807) is 18.2 Å². The molecule has 2 aromatic carbocycles. The Labute approximate surface area is 119 Å². The van der Waals surface area contributed by atoms with Gasteiger partial charge in [-0.15, -0.1) is 0 Å². The Bertz CT molecular complexity index is 794. The van der Waals surface area contributed by atoms with Gasteiger partial charge in [0.1, 0.15) is 17.9 Å². The van der Waals surface area contributed by atoms with Crippen molar-refractivity contribution in [2.75, 3.05) is 5.73 Å². The Balaban J connectivity index is 2.06. The first-order valence-electron chi connectivity index (χ1n) is 5.76. The fraction of sp³-hybridized carbons (Fsp3) is 0. The first kappa shape index (κ1) is 12.6. The summed E-state index contributed by atoms with van der Waals surface area (Å²) in [4.78, 5) is 8.19. The molecule has 3 aromatic rings. The van der Waals surface area contributed by atoms with E-state index in [1.807, 2.05) is 0 Å². The highest BCUT2D eigenvalue weighted by Crippen LogP contribution is 2.32. The van der Waals surface area contributed by atoms with Crippen molar-refractivity contribution in [1.29, 1.82) is 0 Å². The largest absolute Gasteiger partial charge is 0.437 e. The number of benzene rings is 2. The number of fused-ring (bicyclic) bond motifs is 1. The van der Waals surface area contributed by atoms with Gasteiger partial charge in [-0.2, -0.15) is 0 Å². The van der Waals surface area contributed by atoms with E-state index in [9.17, 15) is 4.39 Å². The summed E-state index contributed by atoms with van der Waals surface area (Å²) in [5, 5.41) is 0.870. The van der Waals surface area contributed by atoms with Crippen LogP contribution < -0.4 is 10.5 Å². The summed E-state index contributed by atoms with van der Waals surface area (Å²) in [7, 11) is 0. The smallest absolute Gasteiger partial charge is 0.230 e. The molecule has 0 spiro atoms. The van der Waals surface area contributed by atoms with Crippen LogP contribution in [0.25, 0.3) is 10.9 Å². The van der Waals surface area contributed by atoms with Crippen LogP contribution in [-0.2, 0) is 0 Å². The molecule has 0 saturated carbocycles. The second-order valence-corrected chi connectivity index (χ2v) is 4.54. The van der Waals surface area contributed by atoms with Crippen LogP contribution in [0.5, 0.6) is 11.6 Å². The molecule has 6 heteroatoms. The van der Waals surface area contributed by atoms with Crippen molar-refractivity contribution >= 4 is 28.2 Å². The Hall–Kier alpha value is -2.40. The second-order valence-electron chi connectivity index (χ2n) is 4.13. The molecule has 1 aromatic heterocycles. The zero-order valence-corrected chi connectivity index (χ0v) is 10.9. The van der Waals surface area contributed by atoms with Crippen molar-refractivity contribution in [1.82, 2.24) is 9.97 Å². The van der Waals surface area contributed by atoms with Crippen molar-refractivity contribution < 1.29 is 9.13 Å². The number of nitrogens with zero attached hydrogens (tertiary/aromatic N) is 2. The van der Waals surface area contributed by atoms with Gasteiger partial charge in [-0.05, 0) is 36.4 Å². The van der Waals surface area contributed by atoms with Gasteiger partial charge in [0.05, 0.1) is 15.9 Å². The molecule has 0 aliphatic rings. The summed E-state index contributed by atoms with van der Waals surface area (Å²) in [6.45, 7) is 0. The van der Waals surface area contributed by atoms with E-state index in [1.165, 1.54) is 24.5 Å². The Morgan fingerprint density at radius 3 is 2.75 bits per heavy atom. The molecular weight excluding hydrogens is 281 g/mol. The monoisotopic (exact) mass is 289 g/mol. The van der Waals surface area contributed by atoms with Gasteiger partial charge in [0.25, 0.3) is 0 Å². The van der Waals surface area contributed by atoms with Crippen LogP contribution in [0.1, 0.15) is 0 Å². The number of nitrogens with two attached hydrogens (primary N) is 1. The Morgan fingerprint density at radius 2 is 1.95 bits per heavy atom. The van der Waals surface area contributed by atoms with Gasteiger partial charge in [0.2, 0.25) is 5.88 Å². The molecule has 20 heavy (non-hydrogen) atoms. The molecule has 0 atom stereocenters. The lowest BCUT2D eigenvalue weighted by atomic mass is 10.2. The maximum Gasteiger partial charge on any atom is 0.230 e. The zero-order chi connectivity index (χ0) is 14.1. The number of hydrogen-bond donors (Lipinski definition) is 1. The zero-order valence-electron chi connectivity index (χ0n) is 10.2. The minimum Gasteiger partial charge on any atom is -0.437 e. The first-order valence-corrected chi connectivity index (χ1v) is 6.14. The summed E-state index contributed by atoms with van der Waals surface area (Å²) in [6, 6.07) is 9.10. The highest BCUT2D eigenvalue weighted by atomic mass is 35.5. The van der Waals surface area contributed by atoms with Crippen LogP contribution in [0.4, 0.5) is 10.1 Å². The van der Waals surface area contributed by atoms with Crippen LogP contribution in [0.3, 0.4) is 0 Å². The van der Waals surface area contributed by atoms with E-state index in [2.05, 4.69) is 9.97 Å². The number of nitrogen functional groups attached to an aromatic ring is 1. The van der Waals surface area contributed by atoms with Gasteiger partial charge in [0.15, 0.2) is 0 Å². The lowest BCUT2D eigenvalue weighted by Crippen LogP contribution is -1.93. The quantitative estimate of drug-likeness (QED) is 0.729. The molecular formula is C14H9ClFN3O. The van der Waals surface area contributed by atoms with Crippen LogP contribution >= 0.6 is 11.6 Å². The number of hydrogen-bond acceptors (Lipinski definition) is 4. The summed E-state index contributed by atoms with van der Waals surface area (Å²) >= 11 is 5.93. The Kier molecular flexibility index (Phi) is 3.12. The number of anilines is 1. The lowest BCUT2D eigenvalue weighted by molar-refractivity contribution is 0.466. The SMILES string of the molecule is Nc1ccc2c(Oc3ccc(F)cc3Cl)ncnc2c1.